The third-order valence-electron chi connectivity index (χ3n) is 2.23. The highest BCUT2D eigenvalue weighted by Gasteiger charge is 2.24. The van der Waals surface area contributed by atoms with E-state index in [1.54, 1.807) is 11.3 Å². The van der Waals surface area contributed by atoms with Crippen LogP contribution < -0.4 is 4.52 Å². The number of hydrogen-bond acceptors (Lipinski definition) is 3. The number of rotatable bonds is 0. The van der Waals surface area contributed by atoms with Crippen molar-refractivity contribution in [2.45, 2.75) is 40.0 Å². The number of aryl methyl sites for hydroxylation is 2. The van der Waals surface area contributed by atoms with Crippen molar-refractivity contribution in [3.05, 3.63) is 22.5 Å². The van der Waals surface area contributed by atoms with E-state index < -0.39 is 0 Å². The van der Waals surface area contributed by atoms with Gasteiger partial charge in [-0.1, -0.05) is 30.4 Å². The molecule has 0 spiro atoms. The second kappa shape index (κ2) is 3.23. The molecular formula is C11H16N3S+. The molecule has 80 valence electrons. The quantitative estimate of drug-likeness (QED) is 0.640. The summed E-state index contributed by atoms with van der Waals surface area (Å²) in [5, 5.41) is 5.73. The summed E-state index contributed by atoms with van der Waals surface area (Å²) < 4.78 is 1.93. The highest BCUT2D eigenvalue weighted by atomic mass is 32.1. The normalized spacial score (nSPS) is 12.3. The van der Waals surface area contributed by atoms with Crippen molar-refractivity contribution >= 4 is 16.3 Å². The maximum absolute atomic E-state index is 4.60. The van der Waals surface area contributed by atoms with Gasteiger partial charge in [-0.15, -0.1) is 0 Å². The Kier molecular flexibility index (Phi) is 2.26. The molecule has 0 bridgehead atoms. The molecule has 0 N–H and O–H groups in total. The molecule has 0 amide bonds. The molecule has 15 heavy (non-hydrogen) atoms. The van der Waals surface area contributed by atoms with E-state index in [2.05, 4.69) is 43.8 Å². The van der Waals surface area contributed by atoms with Crippen molar-refractivity contribution in [2.75, 3.05) is 0 Å². The van der Waals surface area contributed by atoms with Crippen molar-refractivity contribution in [3.63, 3.8) is 0 Å². The van der Waals surface area contributed by atoms with Gasteiger partial charge in [0.2, 0.25) is 0 Å². The molecule has 0 saturated heterocycles. The lowest BCUT2D eigenvalue weighted by atomic mass is 9.98. The molecule has 2 heterocycles. The van der Waals surface area contributed by atoms with Gasteiger partial charge in [0, 0.05) is 25.3 Å². The second-order valence-electron chi connectivity index (χ2n) is 4.89. The van der Waals surface area contributed by atoms with Crippen LogP contribution in [-0.2, 0) is 5.41 Å². The van der Waals surface area contributed by atoms with E-state index in [0.717, 1.165) is 21.4 Å². The Morgan fingerprint density at radius 3 is 2.53 bits per heavy atom. The van der Waals surface area contributed by atoms with Crippen LogP contribution in [0.5, 0.6) is 0 Å². The van der Waals surface area contributed by atoms with Gasteiger partial charge in [-0.25, -0.2) is 0 Å². The van der Waals surface area contributed by atoms with Gasteiger partial charge < -0.3 is 0 Å². The summed E-state index contributed by atoms with van der Waals surface area (Å²) >= 11 is 1.67. The Hall–Kier alpha value is -1.03. The molecule has 2 rings (SSSR count). The molecule has 0 radical (unpaired) electrons. The second-order valence-corrected chi connectivity index (χ2v) is 5.85. The third-order valence-corrected chi connectivity index (χ3v) is 3.56. The molecule has 4 heteroatoms. The topological polar surface area (TPSA) is 29.9 Å². The van der Waals surface area contributed by atoms with Crippen LogP contribution in [0, 0.1) is 13.8 Å². The van der Waals surface area contributed by atoms with Crippen LogP contribution >= 0.6 is 11.3 Å². The first kappa shape index (κ1) is 10.5. The van der Waals surface area contributed by atoms with E-state index >= 15 is 0 Å². The molecule has 0 aromatic carbocycles. The van der Waals surface area contributed by atoms with Gasteiger partial charge in [0.15, 0.2) is 5.69 Å². The van der Waals surface area contributed by atoms with Gasteiger partial charge in [0.25, 0.3) is 0 Å². The fraction of sp³-hybridized carbons (Fsp3) is 0.545. The zero-order chi connectivity index (χ0) is 11.2. The van der Waals surface area contributed by atoms with E-state index in [4.69, 9.17) is 0 Å². The lowest BCUT2D eigenvalue weighted by Gasteiger charge is -2.10. The molecule has 2 aromatic heterocycles. The van der Waals surface area contributed by atoms with E-state index in [0.29, 0.717) is 0 Å². The summed E-state index contributed by atoms with van der Waals surface area (Å²) in [6, 6.07) is 2.05. The van der Waals surface area contributed by atoms with E-state index in [-0.39, 0.29) is 5.41 Å². The lowest BCUT2D eigenvalue weighted by Crippen LogP contribution is -2.29. The van der Waals surface area contributed by atoms with Gasteiger partial charge in [0.05, 0.1) is 0 Å². The van der Waals surface area contributed by atoms with Crippen molar-refractivity contribution in [3.8, 4) is 0 Å². The maximum atomic E-state index is 4.60. The van der Waals surface area contributed by atoms with Gasteiger partial charge in [-0.3, -0.25) is 0 Å². The average molecular weight is 222 g/mol. The van der Waals surface area contributed by atoms with Crippen LogP contribution in [0.15, 0.2) is 6.07 Å². The van der Waals surface area contributed by atoms with Crippen molar-refractivity contribution in [1.82, 2.24) is 10.1 Å². The summed E-state index contributed by atoms with van der Waals surface area (Å²) in [5.74, 6) is 0. The molecule has 0 aliphatic heterocycles. The first-order chi connectivity index (χ1) is 6.88. The number of nitrogens with zero attached hydrogens (tertiary/aromatic N) is 3. The number of fused-ring (bicyclic) bond motifs is 1. The van der Waals surface area contributed by atoms with E-state index in [1.165, 1.54) is 0 Å². The Morgan fingerprint density at radius 1 is 1.27 bits per heavy atom. The molecular weight excluding hydrogens is 206 g/mol. The van der Waals surface area contributed by atoms with Crippen LogP contribution in [0.1, 0.15) is 37.2 Å². The van der Waals surface area contributed by atoms with Crippen molar-refractivity contribution in [1.29, 1.82) is 0 Å². The average Bonchev–Trinajstić information content (AvgIpc) is 2.46. The first-order valence-electron chi connectivity index (χ1n) is 5.05. The van der Waals surface area contributed by atoms with Crippen LogP contribution in [0.3, 0.4) is 0 Å². The highest BCUT2D eigenvalue weighted by Crippen LogP contribution is 2.24. The summed E-state index contributed by atoms with van der Waals surface area (Å²) in [7, 11) is 0. The summed E-state index contributed by atoms with van der Waals surface area (Å²) in [5.41, 5.74) is 2.29. The first-order valence-corrected chi connectivity index (χ1v) is 5.87. The predicted molar refractivity (Wildman–Crippen MR) is 61.2 cm³/mol. The molecule has 2 aromatic rings. The van der Waals surface area contributed by atoms with Crippen LogP contribution in [0.4, 0.5) is 0 Å². The minimum atomic E-state index is 0.0959. The van der Waals surface area contributed by atoms with Crippen LogP contribution in [0.2, 0.25) is 0 Å². The molecule has 0 unspecified atom stereocenters. The monoisotopic (exact) mass is 222 g/mol. The Bertz CT molecular complexity index is 508. The summed E-state index contributed by atoms with van der Waals surface area (Å²) in [6.07, 6.45) is 0. The maximum Gasteiger partial charge on any atom is 0.410 e. The van der Waals surface area contributed by atoms with Gasteiger partial charge in [-0.05, 0) is 16.3 Å². The summed E-state index contributed by atoms with van der Waals surface area (Å²) in [4.78, 5) is 5.47. The SMILES string of the molecule is Cc1cc(C)[n+]2nc(C(C)(C)C)sc2n1. The minimum absolute atomic E-state index is 0.0959. The third kappa shape index (κ3) is 1.86. The van der Waals surface area contributed by atoms with E-state index in [1.807, 2.05) is 11.4 Å². The zero-order valence-corrected chi connectivity index (χ0v) is 10.6. The van der Waals surface area contributed by atoms with Crippen LogP contribution in [0.25, 0.3) is 4.96 Å². The molecule has 0 atom stereocenters. The number of hydrogen-bond donors (Lipinski definition) is 0. The highest BCUT2D eigenvalue weighted by molar-refractivity contribution is 7.16. The minimum Gasteiger partial charge on any atom is -0.0880 e. The zero-order valence-electron chi connectivity index (χ0n) is 9.83. The van der Waals surface area contributed by atoms with Gasteiger partial charge in [-0.2, -0.15) is 0 Å². The van der Waals surface area contributed by atoms with Crippen LogP contribution in [-0.4, -0.2) is 10.1 Å². The molecule has 0 fully saturated rings. The van der Waals surface area contributed by atoms with Gasteiger partial charge in [0.1, 0.15) is 10.7 Å². The fourth-order valence-electron chi connectivity index (χ4n) is 1.43. The summed E-state index contributed by atoms with van der Waals surface area (Å²) in [6.45, 7) is 10.6. The molecule has 3 nitrogen and oxygen atoms in total. The molecule has 0 aliphatic carbocycles. The predicted octanol–water partition coefficient (Wildman–Crippen LogP) is 2.19. The largest absolute Gasteiger partial charge is 0.410 e. The Morgan fingerprint density at radius 2 is 1.93 bits per heavy atom. The van der Waals surface area contributed by atoms with Crippen molar-refractivity contribution < 1.29 is 4.52 Å². The van der Waals surface area contributed by atoms with Crippen molar-refractivity contribution in [2.24, 2.45) is 0 Å². The standard InChI is InChI=1S/C11H16N3S/c1-7-6-8(2)14-10(12-7)15-9(13-14)11(3,4)5/h6H,1-5H3/q+1. The van der Waals surface area contributed by atoms with Gasteiger partial charge >= 0.3 is 4.96 Å². The Labute approximate surface area is 93.8 Å². The lowest BCUT2D eigenvalue weighted by molar-refractivity contribution is -0.586. The smallest absolute Gasteiger partial charge is 0.0880 e. The number of aromatic nitrogens is 3. The van der Waals surface area contributed by atoms with E-state index in [9.17, 15) is 0 Å². The Balaban J connectivity index is 2.71. The molecule has 0 aliphatic rings. The molecule has 0 saturated carbocycles. The fourth-order valence-corrected chi connectivity index (χ4v) is 2.50.